The van der Waals surface area contributed by atoms with Crippen molar-refractivity contribution in [3.8, 4) is 0 Å². The zero-order valence-corrected chi connectivity index (χ0v) is 11.7. The van der Waals surface area contributed by atoms with Gasteiger partial charge < -0.3 is 10.6 Å². The number of piperidine rings is 1. The number of benzene rings is 1. The van der Waals surface area contributed by atoms with E-state index in [0.29, 0.717) is 5.56 Å². The zero-order valence-electron chi connectivity index (χ0n) is 11.7. The van der Waals surface area contributed by atoms with Crippen molar-refractivity contribution in [1.82, 2.24) is 15.1 Å². The lowest BCUT2D eigenvalue weighted by atomic mass is 9.95. The monoisotopic (exact) mass is 272 g/mol. The molecule has 1 saturated heterocycles. The van der Waals surface area contributed by atoms with Crippen LogP contribution >= 0.6 is 0 Å². The lowest BCUT2D eigenvalue weighted by Gasteiger charge is -2.38. The quantitative estimate of drug-likeness (QED) is 0.876. The van der Waals surface area contributed by atoms with Crippen molar-refractivity contribution >= 4 is 16.8 Å². The molecule has 2 aromatic rings. The largest absolute Gasteiger partial charge is 0.334 e. The second-order valence-corrected chi connectivity index (χ2v) is 5.56. The molecular formula is C15H20N4O. The van der Waals surface area contributed by atoms with Crippen molar-refractivity contribution in [3.63, 3.8) is 0 Å². The van der Waals surface area contributed by atoms with E-state index >= 15 is 0 Å². The number of carbonyl (C=O) groups excluding carboxylic acids is 1. The minimum absolute atomic E-state index is 0.000204. The Morgan fingerprint density at radius 2 is 2.35 bits per heavy atom. The SMILES string of the molecule is C[C@H](N)[C@@H]1CCCCN1C(=O)c1cccc2cn[nH]c12. The number of hydrogen-bond acceptors (Lipinski definition) is 3. The Balaban J connectivity index is 1.96. The number of H-pyrrole nitrogens is 1. The molecule has 106 valence electrons. The molecule has 0 bridgehead atoms. The highest BCUT2D eigenvalue weighted by Crippen LogP contribution is 2.24. The molecule has 5 heteroatoms. The minimum atomic E-state index is 0.000204. The number of aromatic nitrogens is 2. The molecule has 1 aliphatic rings. The summed E-state index contributed by atoms with van der Waals surface area (Å²) in [6, 6.07) is 5.84. The highest BCUT2D eigenvalue weighted by atomic mass is 16.2. The fourth-order valence-electron chi connectivity index (χ4n) is 3.06. The third-order valence-corrected chi connectivity index (χ3v) is 4.12. The fourth-order valence-corrected chi connectivity index (χ4v) is 3.06. The van der Waals surface area contributed by atoms with E-state index in [4.69, 9.17) is 5.73 Å². The molecule has 1 fully saturated rings. The van der Waals surface area contributed by atoms with E-state index < -0.39 is 0 Å². The molecule has 5 nitrogen and oxygen atoms in total. The highest BCUT2D eigenvalue weighted by Gasteiger charge is 2.30. The standard InChI is InChI=1S/C15H20N4O/c1-10(16)13-7-2-3-8-19(13)15(20)12-6-4-5-11-9-17-18-14(11)12/h4-6,9-10,13H,2-3,7-8,16H2,1H3,(H,17,18)/t10-,13-/m0/s1. The summed E-state index contributed by atoms with van der Waals surface area (Å²) < 4.78 is 0. The molecule has 0 saturated carbocycles. The smallest absolute Gasteiger partial charge is 0.256 e. The van der Waals surface area contributed by atoms with E-state index in [1.54, 1.807) is 6.20 Å². The van der Waals surface area contributed by atoms with Crippen LogP contribution in [0, 0.1) is 0 Å². The van der Waals surface area contributed by atoms with Crippen molar-refractivity contribution in [1.29, 1.82) is 0 Å². The van der Waals surface area contributed by atoms with Gasteiger partial charge in [0.25, 0.3) is 5.91 Å². The van der Waals surface area contributed by atoms with Gasteiger partial charge in [-0.1, -0.05) is 12.1 Å². The minimum Gasteiger partial charge on any atom is -0.334 e. The topological polar surface area (TPSA) is 75.0 Å². The highest BCUT2D eigenvalue weighted by molar-refractivity contribution is 6.05. The summed E-state index contributed by atoms with van der Waals surface area (Å²) in [5.41, 5.74) is 7.55. The van der Waals surface area contributed by atoms with Gasteiger partial charge in [0.15, 0.2) is 0 Å². The summed E-state index contributed by atoms with van der Waals surface area (Å²) in [5, 5.41) is 7.91. The maximum Gasteiger partial charge on any atom is 0.256 e. The van der Waals surface area contributed by atoms with E-state index in [9.17, 15) is 4.79 Å². The first kappa shape index (κ1) is 13.1. The second kappa shape index (κ2) is 5.25. The van der Waals surface area contributed by atoms with Crippen molar-refractivity contribution in [2.45, 2.75) is 38.3 Å². The number of nitrogens with one attached hydrogen (secondary N) is 1. The number of hydrogen-bond donors (Lipinski definition) is 2. The molecule has 0 spiro atoms. The summed E-state index contributed by atoms with van der Waals surface area (Å²) in [6.45, 7) is 2.77. The average molecular weight is 272 g/mol. The molecule has 3 N–H and O–H groups in total. The van der Waals surface area contributed by atoms with Crippen LogP contribution in [0.25, 0.3) is 10.9 Å². The predicted octanol–water partition coefficient (Wildman–Crippen LogP) is 1.90. The molecule has 1 aliphatic heterocycles. The second-order valence-electron chi connectivity index (χ2n) is 5.56. The van der Waals surface area contributed by atoms with Gasteiger partial charge in [-0.3, -0.25) is 9.89 Å². The zero-order chi connectivity index (χ0) is 14.1. The van der Waals surface area contributed by atoms with Gasteiger partial charge >= 0.3 is 0 Å². The number of nitrogens with zero attached hydrogens (tertiary/aromatic N) is 2. The van der Waals surface area contributed by atoms with Crippen molar-refractivity contribution in [2.24, 2.45) is 5.73 Å². The number of nitrogens with two attached hydrogens (primary N) is 1. The number of amides is 1. The van der Waals surface area contributed by atoms with Gasteiger partial charge in [0, 0.05) is 24.0 Å². The number of para-hydroxylation sites is 1. The van der Waals surface area contributed by atoms with E-state index in [1.165, 1.54) is 0 Å². The van der Waals surface area contributed by atoms with Gasteiger partial charge in [-0.05, 0) is 32.3 Å². The van der Waals surface area contributed by atoms with Crippen LogP contribution in [0.15, 0.2) is 24.4 Å². The molecule has 0 radical (unpaired) electrons. The first-order valence-corrected chi connectivity index (χ1v) is 7.17. The van der Waals surface area contributed by atoms with Crippen LogP contribution < -0.4 is 5.73 Å². The van der Waals surface area contributed by atoms with Crippen LogP contribution in [0.2, 0.25) is 0 Å². The van der Waals surface area contributed by atoms with E-state index in [2.05, 4.69) is 10.2 Å². The van der Waals surface area contributed by atoms with Crippen molar-refractivity contribution < 1.29 is 4.79 Å². The van der Waals surface area contributed by atoms with Crippen LogP contribution in [-0.4, -0.2) is 39.6 Å². The molecule has 3 rings (SSSR count). The first-order chi connectivity index (χ1) is 9.68. The molecule has 20 heavy (non-hydrogen) atoms. The molecule has 0 aliphatic carbocycles. The van der Waals surface area contributed by atoms with Gasteiger partial charge in [-0.2, -0.15) is 5.10 Å². The molecule has 1 aromatic heterocycles. The predicted molar refractivity (Wildman–Crippen MR) is 78.4 cm³/mol. The Hall–Kier alpha value is -1.88. The Morgan fingerprint density at radius 1 is 1.50 bits per heavy atom. The molecule has 0 unspecified atom stereocenters. The Kier molecular flexibility index (Phi) is 3.44. The van der Waals surface area contributed by atoms with Crippen LogP contribution in [-0.2, 0) is 0 Å². The summed E-state index contributed by atoms with van der Waals surface area (Å²) in [7, 11) is 0. The summed E-state index contributed by atoms with van der Waals surface area (Å²) in [6.07, 6.45) is 4.92. The number of likely N-dealkylation sites (tertiary alicyclic amines) is 1. The molecule has 2 atom stereocenters. The molecule has 2 heterocycles. The number of fused-ring (bicyclic) bond motifs is 1. The molecule has 1 aromatic carbocycles. The molecule has 1 amide bonds. The molecular weight excluding hydrogens is 252 g/mol. The van der Waals surface area contributed by atoms with E-state index in [1.807, 2.05) is 30.0 Å². The van der Waals surface area contributed by atoms with Crippen LogP contribution in [0.3, 0.4) is 0 Å². The van der Waals surface area contributed by atoms with Gasteiger partial charge in [0.2, 0.25) is 0 Å². The summed E-state index contributed by atoms with van der Waals surface area (Å²) >= 11 is 0. The average Bonchev–Trinajstić information content (AvgIpc) is 2.94. The summed E-state index contributed by atoms with van der Waals surface area (Å²) in [5.74, 6) is 0.0573. The van der Waals surface area contributed by atoms with Gasteiger partial charge in [-0.25, -0.2) is 0 Å². The third kappa shape index (κ3) is 2.18. The lowest BCUT2D eigenvalue weighted by molar-refractivity contribution is 0.0585. The van der Waals surface area contributed by atoms with Crippen LogP contribution in [0.5, 0.6) is 0 Å². The Labute approximate surface area is 118 Å². The van der Waals surface area contributed by atoms with Crippen LogP contribution in [0.1, 0.15) is 36.5 Å². The normalized spacial score (nSPS) is 21.1. The van der Waals surface area contributed by atoms with Crippen molar-refractivity contribution in [3.05, 3.63) is 30.0 Å². The van der Waals surface area contributed by atoms with E-state index in [0.717, 1.165) is 36.7 Å². The first-order valence-electron chi connectivity index (χ1n) is 7.17. The number of carbonyl (C=O) groups is 1. The van der Waals surface area contributed by atoms with Gasteiger partial charge in [-0.15, -0.1) is 0 Å². The number of rotatable bonds is 2. The van der Waals surface area contributed by atoms with Gasteiger partial charge in [0.1, 0.15) is 0 Å². The fraction of sp³-hybridized carbons (Fsp3) is 0.467. The third-order valence-electron chi connectivity index (χ3n) is 4.12. The maximum atomic E-state index is 12.8. The van der Waals surface area contributed by atoms with Crippen molar-refractivity contribution in [2.75, 3.05) is 6.54 Å². The van der Waals surface area contributed by atoms with Crippen LogP contribution in [0.4, 0.5) is 0 Å². The van der Waals surface area contributed by atoms with Gasteiger partial charge in [0.05, 0.1) is 17.3 Å². The maximum absolute atomic E-state index is 12.8. The number of aromatic amines is 1. The Bertz CT molecular complexity index is 619. The summed E-state index contributed by atoms with van der Waals surface area (Å²) in [4.78, 5) is 14.8. The van der Waals surface area contributed by atoms with E-state index in [-0.39, 0.29) is 18.0 Å². The Morgan fingerprint density at radius 3 is 3.15 bits per heavy atom. The lowest BCUT2D eigenvalue weighted by Crippen LogP contribution is -2.51.